The smallest absolute Gasteiger partial charge is 0.0274 e. The van der Waals surface area contributed by atoms with Crippen LogP contribution in [0, 0.1) is 5.92 Å². The Hall–Kier alpha value is -0.520. The monoisotopic (exact) mass is 150 g/mol. The standard InChI is InChI=1S/C11H18/c1-8(2)11-6-5-9(3)7-10(11)4/h9H,1,5-7H2,2-4H3/t9-/m1/s1. The third kappa shape index (κ3) is 1.95. The molecule has 0 aromatic heterocycles. The van der Waals surface area contributed by atoms with Gasteiger partial charge in [-0.3, -0.25) is 0 Å². The second kappa shape index (κ2) is 3.25. The van der Waals surface area contributed by atoms with Gasteiger partial charge in [-0.05, 0) is 44.6 Å². The van der Waals surface area contributed by atoms with E-state index in [2.05, 4.69) is 27.4 Å². The molecule has 0 aromatic rings. The van der Waals surface area contributed by atoms with Crippen molar-refractivity contribution in [2.75, 3.05) is 0 Å². The van der Waals surface area contributed by atoms with Crippen LogP contribution in [0.25, 0.3) is 0 Å². The average molecular weight is 150 g/mol. The Morgan fingerprint density at radius 1 is 1.55 bits per heavy atom. The van der Waals surface area contributed by atoms with Gasteiger partial charge in [-0.25, -0.2) is 0 Å². The molecule has 0 spiro atoms. The summed E-state index contributed by atoms with van der Waals surface area (Å²) >= 11 is 0. The highest BCUT2D eigenvalue weighted by atomic mass is 14.2. The minimum absolute atomic E-state index is 0.887. The van der Waals surface area contributed by atoms with Crippen LogP contribution >= 0.6 is 0 Å². The van der Waals surface area contributed by atoms with Crippen molar-refractivity contribution in [3.8, 4) is 0 Å². The predicted molar refractivity (Wildman–Crippen MR) is 50.5 cm³/mol. The molecule has 0 unspecified atom stereocenters. The summed E-state index contributed by atoms with van der Waals surface area (Å²) in [4.78, 5) is 0. The van der Waals surface area contributed by atoms with Gasteiger partial charge >= 0.3 is 0 Å². The van der Waals surface area contributed by atoms with Crippen molar-refractivity contribution in [1.29, 1.82) is 0 Å². The minimum Gasteiger partial charge on any atom is -0.0958 e. The van der Waals surface area contributed by atoms with E-state index < -0.39 is 0 Å². The van der Waals surface area contributed by atoms with E-state index >= 15 is 0 Å². The van der Waals surface area contributed by atoms with Crippen LogP contribution in [0.2, 0.25) is 0 Å². The zero-order valence-corrected chi connectivity index (χ0v) is 7.91. The lowest BCUT2D eigenvalue weighted by Crippen LogP contribution is -2.06. The highest BCUT2D eigenvalue weighted by Gasteiger charge is 2.14. The van der Waals surface area contributed by atoms with Crippen LogP contribution < -0.4 is 0 Å². The van der Waals surface area contributed by atoms with Gasteiger partial charge in [0, 0.05) is 0 Å². The summed E-state index contributed by atoms with van der Waals surface area (Å²) in [5, 5.41) is 0. The average Bonchev–Trinajstić information content (AvgIpc) is 1.85. The third-order valence-corrected chi connectivity index (χ3v) is 2.57. The molecule has 11 heavy (non-hydrogen) atoms. The molecule has 1 aliphatic carbocycles. The quantitative estimate of drug-likeness (QED) is 0.534. The van der Waals surface area contributed by atoms with Crippen molar-refractivity contribution in [3.63, 3.8) is 0 Å². The summed E-state index contributed by atoms with van der Waals surface area (Å²) in [6.07, 6.45) is 3.88. The zero-order chi connectivity index (χ0) is 8.43. The Labute approximate surface area is 70.0 Å². The van der Waals surface area contributed by atoms with Gasteiger partial charge in [-0.15, -0.1) is 0 Å². The molecule has 0 nitrogen and oxygen atoms in total. The maximum atomic E-state index is 4.00. The maximum Gasteiger partial charge on any atom is -0.0274 e. The lowest BCUT2D eigenvalue weighted by molar-refractivity contribution is 0.498. The summed E-state index contributed by atoms with van der Waals surface area (Å²) in [5.41, 5.74) is 4.37. The van der Waals surface area contributed by atoms with E-state index in [0.29, 0.717) is 0 Å². The molecule has 1 atom stereocenters. The second-order valence-corrected chi connectivity index (χ2v) is 3.89. The number of hydrogen-bond donors (Lipinski definition) is 0. The summed E-state index contributed by atoms with van der Waals surface area (Å²) in [5.74, 6) is 0.887. The van der Waals surface area contributed by atoms with Crippen LogP contribution in [0.4, 0.5) is 0 Å². The molecule has 0 saturated heterocycles. The highest BCUT2D eigenvalue weighted by Crippen LogP contribution is 2.31. The van der Waals surface area contributed by atoms with E-state index in [1.165, 1.54) is 30.4 Å². The number of hydrogen-bond acceptors (Lipinski definition) is 0. The van der Waals surface area contributed by atoms with E-state index in [1.807, 2.05) is 0 Å². The fourth-order valence-electron chi connectivity index (χ4n) is 1.93. The summed E-state index contributed by atoms with van der Waals surface area (Å²) in [7, 11) is 0. The normalized spacial score (nSPS) is 25.5. The second-order valence-electron chi connectivity index (χ2n) is 3.89. The lowest BCUT2D eigenvalue weighted by atomic mass is 9.83. The molecular weight excluding hydrogens is 132 g/mol. The van der Waals surface area contributed by atoms with Crippen LogP contribution in [0.5, 0.6) is 0 Å². The van der Waals surface area contributed by atoms with Crippen molar-refractivity contribution in [2.24, 2.45) is 5.92 Å². The van der Waals surface area contributed by atoms with Gasteiger partial charge in [0.2, 0.25) is 0 Å². The van der Waals surface area contributed by atoms with Gasteiger partial charge in [0.25, 0.3) is 0 Å². The molecule has 0 bridgehead atoms. The van der Waals surface area contributed by atoms with Crippen LogP contribution in [0.3, 0.4) is 0 Å². The molecule has 1 rings (SSSR count). The molecule has 0 aromatic carbocycles. The maximum absolute atomic E-state index is 4.00. The van der Waals surface area contributed by atoms with Crippen molar-refractivity contribution in [2.45, 2.75) is 40.0 Å². The largest absolute Gasteiger partial charge is 0.0958 e. The first kappa shape index (κ1) is 8.58. The van der Waals surface area contributed by atoms with Crippen LogP contribution in [0.1, 0.15) is 40.0 Å². The third-order valence-electron chi connectivity index (χ3n) is 2.57. The van der Waals surface area contributed by atoms with Gasteiger partial charge in [0.15, 0.2) is 0 Å². The van der Waals surface area contributed by atoms with Crippen LogP contribution in [-0.2, 0) is 0 Å². The fraction of sp³-hybridized carbons (Fsp3) is 0.636. The Balaban J connectivity index is 2.78. The first-order valence-corrected chi connectivity index (χ1v) is 4.45. The van der Waals surface area contributed by atoms with E-state index in [0.717, 1.165) is 5.92 Å². The molecule has 0 heteroatoms. The van der Waals surface area contributed by atoms with Crippen molar-refractivity contribution < 1.29 is 0 Å². The van der Waals surface area contributed by atoms with Gasteiger partial charge in [-0.1, -0.05) is 24.6 Å². The Kier molecular flexibility index (Phi) is 2.53. The van der Waals surface area contributed by atoms with Crippen molar-refractivity contribution in [3.05, 3.63) is 23.3 Å². The molecule has 0 saturated carbocycles. The molecule has 0 amide bonds. The first-order chi connectivity index (χ1) is 5.11. The van der Waals surface area contributed by atoms with Gasteiger partial charge in [0.05, 0.1) is 0 Å². The Morgan fingerprint density at radius 2 is 2.18 bits per heavy atom. The van der Waals surface area contributed by atoms with Crippen molar-refractivity contribution >= 4 is 0 Å². The summed E-state index contributed by atoms with van der Waals surface area (Å²) < 4.78 is 0. The molecular formula is C11H18. The number of allylic oxidation sites excluding steroid dienone is 3. The van der Waals surface area contributed by atoms with Gasteiger partial charge in [-0.2, -0.15) is 0 Å². The lowest BCUT2D eigenvalue weighted by Gasteiger charge is -2.22. The number of rotatable bonds is 1. The van der Waals surface area contributed by atoms with E-state index in [1.54, 1.807) is 5.57 Å². The SMILES string of the molecule is C=C(C)C1=C(C)C[C@H](C)CC1. The topological polar surface area (TPSA) is 0 Å². The Bertz CT molecular complexity index is 196. The van der Waals surface area contributed by atoms with E-state index in [-0.39, 0.29) is 0 Å². The molecule has 0 heterocycles. The minimum atomic E-state index is 0.887. The molecule has 0 fully saturated rings. The van der Waals surface area contributed by atoms with Crippen LogP contribution in [0.15, 0.2) is 23.3 Å². The molecule has 62 valence electrons. The van der Waals surface area contributed by atoms with Gasteiger partial charge in [0.1, 0.15) is 0 Å². The van der Waals surface area contributed by atoms with E-state index in [4.69, 9.17) is 0 Å². The summed E-state index contributed by atoms with van der Waals surface area (Å²) in [6, 6.07) is 0. The molecule has 0 radical (unpaired) electrons. The van der Waals surface area contributed by atoms with Crippen LogP contribution in [-0.4, -0.2) is 0 Å². The Morgan fingerprint density at radius 3 is 2.64 bits per heavy atom. The predicted octanol–water partition coefficient (Wildman–Crippen LogP) is 3.70. The van der Waals surface area contributed by atoms with Gasteiger partial charge < -0.3 is 0 Å². The fourth-order valence-corrected chi connectivity index (χ4v) is 1.93. The highest BCUT2D eigenvalue weighted by molar-refractivity contribution is 5.32. The van der Waals surface area contributed by atoms with E-state index in [9.17, 15) is 0 Å². The summed E-state index contributed by atoms with van der Waals surface area (Å²) in [6.45, 7) is 10.7. The molecule has 0 aliphatic heterocycles. The zero-order valence-electron chi connectivity index (χ0n) is 7.91. The first-order valence-electron chi connectivity index (χ1n) is 4.45. The molecule has 1 aliphatic rings. The van der Waals surface area contributed by atoms with Crippen molar-refractivity contribution in [1.82, 2.24) is 0 Å². The molecule has 0 N–H and O–H groups in total.